The molecule has 0 bridgehead atoms. The van der Waals surface area contributed by atoms with Gasteiger partial charge in [0.05, 0.1) is 9.85 Å². The van der Waals surface area contributed by atoms with Crippen LogP contribution in [0.3, 0.4) is 0 Å². The average Bonchev–Trinajstić information content (AvgIpc) is 2.42. The minimum absolute atomic E-state index is 0.286. The van der Waals surface area contributed by atoms with Crippen molar-refractivity contribution in [3.8, 4) is 0 Å². The van der Waals surface area contributed by atoms with Gasteiger partial charge >= 0.3 is 0 Å². The van der Waals surface area contributed by atoms with E-state index in [4.69, 9.17) is 11.6 Å². The molecule has 1 unspecified atom stereocenters. The molecule has 100 valence electrons. The zero-order chi connectivity index (χ0) is 13.8. The summed E-state index contributed by atoms with van der Waals surface area (Å²) in [6, 6.07) is 13.2. The van der Waals surface area contributed by atoms with Crippen LogP contribution in [0.2, 0.25) is 0 Å². The Kier molecular flexibility index (Phi) is 5.00. The summed E-state index contributed by atoms with van der Waals surface area (Å²) < 4.78 is 14.0. The normalized spacial score (nSPS) is 12.4. The van der Waals surface area contributed by atoms with Crippen LogP contribution in [0.1, 0.15) is 35.4 Å². The summed E-state index contributed by atoms with van der Waals surface area (Å²) in [5.41, 5.74) is 3.06. The predicted octanol–water partition coefficient (Wildman–Crippen LogP) is 5.87. The summed E-state index contributed by atoms with van der Waals surface area (Å²) in [6.45, 7) is 2.16. The second-order valence-electron chi connectivity index (χ2n) is 4.53. The Balaban J connectivity index is 2.22. The molecule has 0 saturated heterocycles. The Morgan fingerprint density at radius 2 is 1.74 bits per heavy atom. The molecule has 0 aliphatic heterocycles. The van der Waals surface area contributed by atoms with E-state index in [-0.39, 0.29) is 11.2 Å². The summed E-state index contributed by atoms with van der Waals surface area (Å²) in [7, 11) is 0. The molecule has 0 saturated carbocycles. The van der Waals surface area contributed by atoms with Crippen molar-refractivity contribution in [2.45, 2.75) is 25.1 Å². The molecule has 0 aliphatic rings. The lowest BCUT2D eigenvalue weighted by atomic mass is 10.0. The van der Waals surface area contributed by atoms with Crippen molar-refractivity contribution in [1.29, 1.82) is 0 Å². The van der Waals surface area contributed by atoms with Gasteiger partial charge in [-0.2, -0.15) is 0 Å². The van der Waals surface area contributed by atoms with Gasteiger partial charge in [-0.05, 0) is 51.2 Å². The Bertz CT molecular complexity index is 551. The smallest absolute Gasteiger partial charge is 0.137 e. The molecular weight excluding hydrogens is 327 g/mol. The highest BCUT2D eigenvalue weighted by molar-refractivity contribution is 9.10. The number of benzene rings is 2. The standard InChI is InChI=1S/C16H15BrClF/c1-2-3-11-4-6-12(7-5-11)16(18)13-8-9-14(17)15(19)10-13/h4-10,16H,2-3H2,1H3. The van der Waals surface area contributed by atoms with Gasteiger partial charge in [-0.3, -0.25) is 0 Å². The van der Waals surface area contributed by atoms with Gasteiger partial charge in [0.1, 0.15) is 5.82 Å². The quantitative estimate of drug-likeness (QED) is 0.610. The van der Waals surface area contributed by atoms with Gasteiger partial charge in [-0.25, -0.2) is 4.39 Å². The summed E-state index contributed by atoms with van der Waals surface area (Å²) in [4.78, 5) is 0. The monoisotopic (exact) mass is 340 g/mol. The molecule has 0 N–H and O–H groups in total. The van der Waals surface area contributed by atoms with E-state index in [0.717, 1.165) is 24.0 Å². The van der Waals surface area contributed by atoms with Crippen LogP contribution in [-0.2, 0) is 6.42 Å². The van der Waals surface area contributed by atoms with Crippen molar-refractivity contribution >= 4 is 27.5 Å². The van der Waals surface area contributed by atoms with Crippen molar-refractivity contribution in [2.24, 2.45) is 0 Å². The fourth-order valence-corrected chi connectivity index (χ4v) is 2.53. The highest BCUT2D eigenvalue weighted by Gasteiger charge is 2.12. The lowest BCUT2D eigenvalue weighted by Gasteiger charge is -2.11. The van der Waals surface area contributed by atoms with Crippen molar-refractivity contribution in [2.75, 3.05) is 0 Å². The third-order valence-electron chi connectivity index (χ3n) is 3.05. The molecular formula is C16H15BrClF. The van der Waals surface area contributed by atoms with Crippen molar-refractivity contribution in [3.63, 3.8) is 0 Å². The first-order valence-electron chi connectivity index (χ1n) is 6.29. The van der Waals surface area contributed by atoms with E-state index in [1.165, 1.54) is 11.6 Å². The van der Waals surface area contributed by atoms with Crippen molar-refractivity contribution in [3.05, 3.63) is 69.4 Å². The lowest BCUT2D eigenvalue weighted by molar-refractivity contribution is 0.619. The van der Waals surface area contributed by atoms with Gasteiger partial charge in [0.15, 0.2) is 0 Å². The van der Waals surface area contributed by atoms with Crippen LogP contribution in [0.25, 0.3) is 0 Å². The molecule has 0 heterocycles. The summed E-state index contributed by atoms with van der Waals surface area (Å²) in [5.74, 6) is -0.286. The third-order valence-corrected chi connectivity index (χ3v) is 4.19. The Labute approximate surface area is 126 Å². The molecule has 19 heavy (non-hydrogen) atoms. The predicted molar refractivity (Wildman–Crippen MR) is 82.2 cm³/mol. The van der Waals surface area contributed by atoms with E-state index in [0.29, 0.717) is 4.47 Å². The van der Waals surface area contributed by atoms with E-state index in [9.17, 15) is 4.39 Å². The van der Waals surface area contributed by atoms with Gasteiger partial charge < -0.3 is 0 Å². The Morgan fingerprint density at radius 1 is 1.11 bits per heavy atom. The number of alkyl halides is 1. The summed E-state index contributed by atoms with van der Waals surface area (Å²) >= 11 is 9.55. The third kappa shape index (κ3) is 3.58. The van der Waals surface area contributed by atoms with E-state index < -0.39 is 0 Å². The summed E-state index contributed by atoms with van der Waals surface area (Å²) in [5, 5.41) is -0.321. The van der Waals surface area contributed by atoms with E-state index in [1.54, 1.807) is 6.07 Å². The molecule has 3 heteroatoms. The molecule has 2 aromatic carbocycles. The molecule has 2 aromatic rings. The zero-order valence-corrected chi connectivity index (χ0v) is 13.0. The minimum Gasteiger partial charge on any atom is -0.206 e. The topological polar surface area (TPSA) is 0 Å². The number of aryl methyl sites for hydroxylation is 1. The fraction of sp³-hybridized carbons (Fsp3) is 0.250. The number of rotatable bonds is 4. The number of halogens is 3. The fourth-order valence-electron chi connectivity index (χ4n) is 2.00. The summed E-state index contributed by atoms with van der Waals surface area (Å²) in [6.07, 6.45) is 2.20. The van der Waals surface area contributed by atoms with Crippen LogP contribution in [0.15, 0.2) is 46.9 Å². The van der Waals surface area contributed by atoms with Crippen molar-refractivity contribution < 1.29 is 4.39 Å². The second-order valence-corrected chi connectivity index (χ2v) is 5.82. The van der Waals surface area contributed by atoms with Crippen LogP contribution >= 0.6 is 27.5 Å². The van der Waals surface area contributed by atoms with Crippen LogP contribution in [0.5, 0.6) is 0 Å². The van der Waals surface area contributed by atoms with Crippen molar-refractivity contribution in [1.82, 2.24) is 0 Å². The van der Waals surface area contributed by atoms with Gasteiger partial charge in [0.2, 0.25) is 0 Å². The van der Waals surface area contributed by atoms with E-state index in [2.05, 4.69) is 35.0 Å². The van der Waals surface area contributed by atoms with E-state index >= 15 is 0 Å². The first kappa shape index (κ1) is 14.5. The maximum Gasteiger partial charge on any atom is 0.137 e. The lowest BCUT2D eigenvalue weighted by Crippen LogP contribution is -1.95. The SMILES string of the molecule is CCCc1ccc(C(Cl)c2ccc(Br)c(F)c2)cc1. The van der Waals surface area contributed by atoms with Crippen LogP contribution in [0.4, 0.5) is 4.39 Å². The zero-order valence-electron chi connectivity index (χ0n) is 10.7. The molecule has 0 amide bonds. The maximum absolute atomic E-state index is 13.5. The van der Waals surface area contributed by atoms with Gasteiger partial charge in [-0.1, -0.05) is 43.7 Å². The largest absolute Gasteiger partial charge is 0.206 e. The molecule has 1 atom stereocenters. The minimum atomic E-state index is -0.321. The first-order valence-corrected chi connectivity index (χ1v) is 7.52. The molecule has 0 aromatic heterocycles. The van der Waals surface area contributed by atoms with Gasteiger partial charge in [-0.15, -0.1) is 11.6 Å². The first-order chi connectivity index (χ1) is 9.11. The molecule has 0 radical (unpaired) electrons. The van der Waals surface area contributed by atoms with Crippen LogP contribution in [0, 0.1) is 5.82 Å². The Hall–Kier alpha value is -0.860. The highest BCUT2D eigenvalue weighted by atomic mass is 79.9. The van der Waals surface area contributed by atoms with Crippen LogP contribution < -0.4 is 0 Å². The second kappa shape index (κ2) is 6.53. The molecule has 0 fully saturated rings. The molecule has 0 nitrogen and oxygen atoms in total. The van der Waals surface area contributed by atoms with E-state index in [1.807, 2.05) is 18.2 Å². The highest BCUT2D eigenvalue weighted by Crippen LogP contribution is 2.31. The number of hydrogen-bond donors (Lipinski definition) is 0. The van der Waals surface area contributed by atoms with Gasteiger partial charge in [0.25, 0.3) is 0 Å². The average molecular weight is 342 g/mol. The molecule has 2 rings (SSSR count). The maximum atomic E-state index is 13.5. The number of hydrogen-bond acceptors (Lipinski definition) is 0. The molecule has 0 spiro atoms. The molecule has 0 aliphatic carbocycles. The van der Waals surface area contributed by atoms with Gasteiger partial charge in [0, 0.05) is 0 Å². The van der Waals surface area contributed by atoms with Crippen LogP contribution in [-0.4, -0.2) is 0 Å². The Morgan fingerprint density at radius 3 is 2.32 bits per heavy atom.